The van der Waals surface area contributed by atoms with E-state index >= 15 is 0 Å². The Bertz CT molecular complexity index is 1020. The van der Waals surface area contributed by atoms with Crippen LogP contribution in [0.1, 0.15) is 43.6 Å². The van der Waals surface area contributed by atoms with Gasteiger partial charge in [-0.3, -0.25) is 4.72 Å². The molecule has 2 aromatic heterocycles. The topological polar surface area (TPSA) is 98.2 Å². The number of benzene rings is 1. The molecule has 1 saturated carbocycles. The number of furan rings is 1. The second-order valence-corrected chi connectivity index (χ2v) is 7.96. The van der Waals surface area contributed by atoms with Gasteiger partial charge < -0.3 is 8.83 Å². The summed E-state index contributed by atoms with van der Waals surface area (Å²) in [6.07, 6.45) is 4.07. The van der Waals surface area contributed by atoms with E-state index in [-0.39, 0.29) is 16.7 Å². The lowest BCUT2D eigenvalue weighted by atomic mass is 9.85. The fourth-order valence-corrected chi connectivity index (χ4v) is 3.78. The van der Waals surface area contributed by atoms with E-state index in [4.69, 9.17) is 8.83 Å². The van der Waals surface area contributed by atoms with E-state index in [1.807, 2.05) is 19.1 Å². The number of aromatic nitrogens is 2. The van der Waals surface area contributed by atoms with E-state index in [9.17, 15) is 8.42 Å². The van der Waals surface area contributed by atoms with Crippen LogP contribution in [0, 0.1) is 0 Å². The predicted octanol–water partition coefficient (Wildman–Crippen LogP) is 3.96. The van der Waals surface area contributed by atoms with Gasteiger partial charge >= 0.3 is 0 Å². The monoisotopic (exact) mass is 373 g/mol. The zero-order valence-electron chi connectivity index (χ0n) is 14.3. The van der Waals surface area contributed by atoms with E-state index in [2.05, 4.69) is 14.9 Å². The van der Waals surface area contributed by atoms with Gasteiger partial charge in [0.2, 0.25) is 11.0 Å². The number of rotatable bonds is 6. The Balaban J connectivity index is 1.55. The quantitative estimate of drug-likeness (QED) is 0.702. The molecular weight excluding hydrogens is 354 g/mol. The van der Waals surface area contributed by atoms with Gasteiger partial charge in [-0.15, -0.1) is 10.2 Å². The minimum Gasteiger partial charge on any atom is -0.438 e. The second kappa shape index (κ2) is 6.60. The normalized spacial score (nSPS) is 15.0. The van der Waals surface area contributed by atoms with Crippen LogP contribution < -0.4 is 4.72 Å². The Hall–Kier alpha value is -2.61. The van der Waals surface area contributed by atoms with E-state index in [1.165, 1.54) is 12.1 Å². The Morgan fingerprint density at radius 2 is 2.00 bits per heavy atom. The summed E-state index contributed by atoms with van der Waals surface area (Å²) in [6, 6.07) is 10.2. The minimum absolute atomic E-state index is 0.196. The summed E-state index contributed by atoms with van der Waals surface area (Å²) in [5.41, 5.74) is 1.53. The standard InChI is InChI=1S/C18H19N3O4S/c1-2-12-5-3-8-14(11-12)21-26(22,23)16-10-9-15(24-16)18-20-19-17(25-18)13-6-4-7-13/h3,5,8-11,13,21H,2,4,6-7H2,1H3. The highest BCUT2D eigenvalue weighted by Crippen LogP contribution is 2.36. The average molecular weight is 373 g/mol. The molecule has 0 radical (unpaired) electrons. The van der Waals surface area contributed by atoms with E-state index in [0.29, 0.717) is 17.5 Å². The molecule has 0 amide bonds. The molecule has 0 bridgehead atoms. The van der Waals surface area contributed by atoms with Crippen LogP contribution >= 0.6 is 0 Å². The summed E-state index contributed by atoms with van der Waals surface area (Å²) < 4.78 is 38.7. The fraction of sp³-hybridized carbons (Fsp3) is 0.333. The maximum absolute atomic E-state index is 12.5. The molecule has 3 aromatic rings. The van der Waals surface area contributed by atoms with Crippen LogP contribution in [0.15, 0.2) is 50.3 Å². The Kier molecular flexibility index (Phi) is 4.28. The number of nitrogens with one attached hydrogen (secondary N) is 1. The summed E-state index contributed by atoms with van der Waals surface area (Å²) in [5, 5.41) is 7.80. The first-order chi connectivity index (χ1) is 12.5. The Morgan fingerprint density at radius 3 is 2.73 bits per heavy atom. The number of nitrogens with zero attached hydrogens (tertiary/aromatic N) is 2. The van der Waals surface area contributed by atoms with Gasteiger partial charge in [-0.25, -0.2) is 0 Å². The molecule has 0 spiro atoms. The van der Waals surface area contributed by atoms with Crippen molar-refractivity contribution in [2.45, 2.75) is 43.6 Å². The highest BCUT2D eigenvalue weighted by Gasteiger charge is 2.27. The van der Waals surface area contributed by atoms with Crippen LogP contribution in [0.4, 0.5) is 5.69 Å². The summed E-state index contributed by atoms with van der Waals surface area (Å²) in [7, 11) is -3.84. The molecule has 0 unspecified atom stereocenters. The first-order valence-electron chi connectivity index (χ1n) is 8.60. The molecule has 1 aliphatic rings. The zero-order chi connectivity index (χ0) is 18.1. The zero-order valence-corrected chi connectivity index (χ0v) is 15.1. The number of hydrogen-bond acceptors (Lipinski definition) is 6. The number of sulfonamides is 1. The maximum Gasteiger partial charge on any atom is 0.295 e. The molecule has 8 heteroatoms. The lowest BCUT2D eigenvalue weighted by Crippen LogP contribution is -2.12. The molecule has 1 N–H and O–H groups in total. The lowest BCUT2D eigenvalue weighted by molar-refractivity contribution is 0.334. The molecular formula is C18H19N3O4S. The third kappa shape index (κ3) is 3.24. The molecule has 1 fully saturated rings. The van der Waals surface area contributed by atoms with Crippen molar-refractivity contribution in [1.82, 2.24) is 10.2 Å². The smallest absolute Gasteiger partial charge is 0.295 e. The molecule has 7 nitrogen and oxygen atoms in total. The van der Waals surface area contributed by atoms with Gasteiger partial charge in [0.15, 0.2) is 5.76 Å². The molecule has 26 heavy (non-hydrogen) atoms. The van der Waals surface area contributed by atoms with Gasteiger partial charge in [-0.05, 0) is 49.1 Å². The van der Waals surface area contributed by atoms with Crippen molar-refractivity contribution in [2.75, 3.05) is 4.72 Å². The van der Waals surface area contributed by atoms with Crippen molar-refractivity contribution >= 4 is 15.7 Å². The number of aryl methyl sites for hydroxylation is 1. The largest absolute Gasteiger partial charge is 0.438 e. The van der Waals surface area contributed by atoms with Crippen LogP contribution in [0.5, 0.6) is 0 Å². The van der Waals surface area contributed by atoms with Crippen molar-refractivity contribution < 1.29 is 17.3 Å². The average Bonchev–Trinajstić information content (AvgIpc) is 3.22. The van der Waals surface area contributed by atoms with Crippen LogP contribution in [0.3, 0.4) is 0 Å². The Labute approximate surface area is 151 Å². The summed E-state index contributed by atoms with van der Waals surface area (Å²) in [6.45, 7) is 2.01. The van der Waals surface area contributed by atoms with Gasteiger partial charge in [0.1, 0.15) is 0 Å². The second-order valence-electron chi connectivity index (χ2n) is 6.35. The maximum atomic E-state index is 12.5. The third-order valence-corrected chi connectivity index (χ3v) is 5.79. The first-order valence-corrected chi connectivity index (χ1v) is 10.1. The van der Waals surface area contributed by atoms with E-state index < -0.39 is 10.0 Å². The van der Waals surface area contributed by atoms with Crippen molar-refractivity contribution in [2.24, 2.45) is 0 Å². The number of hydrogen-bond donors (Lipinski definition) is 1. The highest BCUT2D eigenvalue weighted by atomic mass is 32.2. The Morgan fingerprint density at radius 1 is 1.15 bits per heavy atom. The molecule has 4 rings (SSSR count). The lowest BCUT2D eigenvalue weighted by Gasteiger charge is -2.20. The summed E-state index contributed by atoms with van der Waals surface area (Å²) >= 11 is 0. The summed E-state index contributed by atoms with van der Waals surface area (Å²) in [4.78, 5) is 0. The van der Waals surface area contributed by atoms with Crippen LogP contribution in [-0.2, 0) is 16.4 Å². The van der Waals surface area contributed by atoms with Crippen LogP contribution in [0.2, 0.25) is 0 Å². The first kappa shape index (κ1) is 16.8. The highest BCUT2D eigenvalue weighted by molar-refractivity contribution is 7.92. The molecule has 0 saturated heterocycles. The molecule has 1 aromatic carbocycles. The van der Waals surface area contributed by atoms with Crippen LogP contribution in [0.25, 0.3) is 11.7 Å². The van der Waals surface area contributed by atoms with E-state index in [0.717, 1.165) is 31.2 Å². The van der Waals surface area contributed by atoms with E-state index in [1.54, 1.807) is 12.1 Å². The van der Waals surface area contributed by atoms with Gasteiger partial charge in [0.25, 0.3) is 15.9 Å². The van der Waals surface area contributed by atoms with Gasteiger partial charge in [-0.2, -0.15) is 8.42 Å². The molecule has 2 heterocycles. The molecule has 0 atom stereocenters. The third-order valence-electron chi connectivity index (χ3n) is 4.54. The molecule has 1 aliphatic carbocycles. The predicted molar refractivity (Wildman–Crippen MR) is 95.2 cm³/mol. The van der Waals surface area contributed by atoms with Crippen molar-refractivity contribution in [1.29, 1.82) is 0 Å². The SMILES string of the molecule is CCc1cccc(NS(=O)(=O)c2ccc(-c3nnc(C4CCC4)o3)o2)c1. The van der Waals surface area contributed by atoms with Crippen molar-refractivity contribution in [3.63, 3.8) is 0 Å². The number of anilines is 1. The van der Waals surface area contributed by atoms with Gasteiger partial charge in [0.05, 0.1) is 0 Å². The molecule has 0 aliphatic heterocycles. The van der Waals surface area contributed by atoms with Gasteiger partial charge in [0, 0.05) is 11.6 Å². The van der Waals surface area contributed by atoms with Crippen molar-refractivity contribution in [3.05, 3.63) is 47.9 Å². The fourth-order valence-electron chi connectivity index (χ4n) is 2.79. The van der Waals surface area contributed by atoms with Crippen molar-refractivity contribution in [3.8, 4) is 11.7 Å². The minimum atomic E-state index is -3.84. The molecule has 136 valence electrons. The van der Waals surface area contributed by atoms with Gasteiger partial charge in [-0.1, -0.05) is 25.5 Å². The summed E-state index contributed by atoms with van der Waals surface area (Å²) in [5.74, 6) is 1.33. The van der Waals surface area contributed by atoms with Crippen LogP contribution in [-0.4, -0.2) is 18.6 Å².